The third kappa shape index (κ3) is 5.44. The van der Waals surface area contributed by atoms with Crippen LogP contribution in [0.4, 0.5) is 17.1 Å². The van der Waals surface area contributed by atoms with Crippen molar-refractivity contribution < 1.29 is 0 Å². The topological polar surface area (TPSA) is 8.17 Å². The lowest BCUT2D eigenvalue weighted by Crippen LogP contribution is -2.12. The summed E-state index contributed by atoms with van der Waals surface area (Å²) in [6, 6.07) is 78.9. The van der Waals surface area contributed by atoms with Gasteiger partial charge in [0, 0.05) is 33.1 Å². The van der Waals surface area contributed by atoms with Gasteiger partial charge in [0.15, 0.2) is 0 Å². The summed E-state index contributed by atoms with van der Waals surface area (Å²) in [5.74, 6) is 0. The van der Waals surface area contributed by atoms with E-state index in [9.17, 15) is 0 Å². The summed E-state index contributed by atoms with van der Waals surface area (Å²) in [4.78, 5) is 2.44. The first-order chi connectivity index (χ1) is 26.8. The van der Waals surface area contributed by atoms with Gasteiger partial charge in [-0.1, -0.05) is 170 Å². The van der Waals surface area contributed by atoms with Gasteiger partial charge in [-0.15, -0.1) is 0 Å². The monoisotopic (exact) mass is 688 g/mol. The first kappa shape index (κ1) is 31.6. The number of para-hydroxylation sites is 3. The van der Waals surface area contributed by atoms with Crippen LogP contribution in [0.15, 0.2) is 218 Å². The quantitative estimate of drug-likeness (QED) is 0.162. The Kier molecular flexibility index (Phi) is 7.85. The zero-order valence-electron chi connectivity index (χ0n) is 29.7. The Morgan fingerprint density at radius 1 is 0.333 bits per heavy atom. The van der Waals surface area contributed by atoms with Gasteiger partial charge in [0.25, 0.3) is 0 Å². The molecular formula is C52H36N2. The zero-order valence-corrected chi connectivity index (χ0v) is 29.7. The standard InChI is InChI=1S/C52H36N2/c1-3-16-37(17-4-1)38-32-34-40(35-33-38)45-25-9-11-28-48(45)54(49-30-14-19-39-18-7-8-24-44(39)49)43-23-13-20-41(36-43)46-27-15-31-51-52(46)47-26-10-12-29-50(47)53(51)42-21-5-2-6-22-42/h1-36H. The molecule has 0 fully saturated rings. The van der Waals surface area contributed by atoms with Gasteiger partial charge in [0.2, 0.25) is 0 Å². The maximum absolute atomic E-state index is 2.44. The van der Waals surface area contributed by atoms with Crippen LogP contribution in [0.2, 0.25) is 0 Å². The second-order valence-electron chi connectivity index (χ2n) is 13.7. The maximum Gasteiger partial charge on any atom is 0.0547 e. The molecule has 54 heavy (non-hydrogen) atoms. The van der Waals surface area contributed by atoms with E-state index in [4.69, 9.17) is 0 Å². The average molecular weight is 689 g/mol. The summed E-state index contributed by atoms with van der Waals surface area (Å²) in [6.07, 6.45) is 0. The van der Waals surface area contributed by atoms with Crippen molar-refractivity contribution in [3.8, 4) is 39.1 Å². The number of anilines is 3. The molecule has 0 amide bonds. The molecule has 0 spiro atoms. The second kappa shape index (κ2) is 13.4. The minimum absolute atomic E-state index is 1.10. The lowest BCUT2D eigenvalue weighted by atomic mass is 9.96. The minimum Gasteiger partial charge on any atom is -0.309 e. The van der Waals surface area contributed by atoms with E-state index in [0.717, 1.165) is 22.7 Å². The number of benzene rings is 9. The SMILES string of the molecule is c1ccc(-c2ccc(-c3ccccc3N(c3cccc(-c4cccc5c4c4ccccc4n5-c4ccccc4)c3)c3cccc4ccccc34)cc2)cc1. The van der Waals surface area contributed by atoms with Crippen LogP contribution < -0.4 is 4.90 Å². The molecule has 0 saturated carbocycles. The summed E-state index contributed by atoms with van der Waals surface area (Å²) in [6.45, 7) is 0. The highest BCUT2D eigenvalue weighted by Gasteiger charge is 2.21. The molecule has 0 aliphatic rings. The van der Waals surface area contributed by atoms with E-state index in [2.05, 4.69) is 228 Å². The predicted octanol–water partition coefficient (Wildman–Crippen LogP) is 14.4. The molecule has 0 unspecified atom stereocenters. The number of fused-ring (bicyclic) bond motifs is 4. The normalized spacial score (nSPS) is 11.3. The van der Waals surface area contributed by atoms with E-state index >= 15 is 0 Å². The molecule has 254 valence electrons. The molecule has 0 aliphatic carbocycles. The first-order valence-electron chi connectivity index (χ1n) is 18.5. The first-order valence-corrected chi connectivity index (χ1v) is 18.5. The molecule has 0 atom stereocenters. The molecule has 0 aliphatic heterocycles. The number of aromatic nitrogens is 1. The van der Waals surface area contributed by atoms with Crippen molar-refractivity contribution in [2.75, 3.05) is 4.90 Å². The van der Waals surface area contributed by atoms with E-state index in [0.29, 0.717) is 0 Å². The van der Waals surface area contributed by atoms with E-state index in [1.54, 1.807) is 0 Å². The highest BCUT2D eigenvalue weighted by Crippen LogP contribution is 2.45. The van der Waals surface area contributed by atoms with Crippen LogP contribution in [0.5, 0.6) is 0 Å². The summed E-state index contributed by atoms with van der Waals surface area (Å²) in [7, 11) is 0. The molecule has 2 nitrogen and oxygen atoms in total. The molecule has 0 saturated heterocycles. The molecule has 0 bridgehead atoms. The van der Waals surface area contributed by atoms with Crippen molar-refractivity contribution >= 4 is 49.6 Å². The minimum atomic E-state index is 1.10. The van der Waals surface area contributed by atoms with Gasteiger partial charge in [0.1, 0.15) is 0 Å². The van der Waals surface area contributed by atoms with Crippen molar-refractivity contribution in [2.24, 2.45) is 0 Å². The average Bonchev–Trinajstić information content (AvgIpc) is 3.60. The third-order valence-electron chi connectivity index (χ3n) is 10.6. The summed E-state index contributed by atoms with van der Waals surface area (Å²) in [5, 5.41) is 4.91. The van der Waals surface area contributed by atoms with Crippen LogP contribution in [-0.4, -0.2) is 4.57 Å². The largest absolute Gasteiger partial charge is 0.309 e. The summed E-state index contributed by atoms with van der Waals surface area (Å²) in [5.41, 5.74) is 14.1. The number of hydrogen-bond acceptors (Lipinski definition) is 1. The molecule has 1 aromatic heterocycles. The summed E-state index contributed by atoms with van der Waals surface area (Å²) >= 11 is 0. The van der Waals surface area contributed by atoms with Crippen LogP contribution in [0.1, 0.15) is 0 Å². The zero-order chi connectivity index (χ0) is 35.8. The molecule has 0 N–H and O–H groups in total. The van der Waals surface area contributed by atoms with E-state index in [-0.39, 0.29) is 0 Å². The van der Waals surface area contributed by atoms with Gasteiger partial charge in [-0.25, -0.2) is 0 Å². The highest BCUT2D eigenvalue weighted by atomic mass is 15.1. The van der Waals surface area contributed by atoms with E-state index in [1.807, 2.05) is 0 Å². The molecule has 2 heteroatoms. The Morgan fingerprint density at radius 2 is 0.889 bits per heavy atom. The van der Waals surface area contributed by atoms with E-state index < -0.39 is 0 Å². The summed E-state index contributed by atoms with van der Waals surface area (Å²) < 4.78 is 2.39. The van der Waals surface area contributed by atoms with Gasteiger partial charge >= 0.3 is 0 Å². The van der Waals surface area contributed by atoms with Crippen LogP contribution in [-0.2, 0) is 0 Å². The van der Waals surface area contributed by atoms with Gasteiger partial charge in [0.05, 0.1) is 22.4 Å². The van der Waals surface area contributed by atoms with Gasteiger partial charge in [-0.3, -0.25) is 0 Å². The molecule has 1 heterocycles. The van der Waals surface area contributed by atoms with Gasteiger partial charge in [-0.05, 0) is 81.7 Å². The van der Waals surface area contributed by atoms with Gasteiger partial charge < -0.3 is 9.47 Å². The molecule has 10 aromatic rings. The fourth-order valence-corrected chi connectivity index (χ4v) is 8.12. The van der Waals surface area contributed by atoms with Crippen molar-refractivity contribution in [1.82, 2.24) is 4.57 Å². The highest BCUT2D eigenvalue weighted by molar-refractivity contribution is 6.16. The number of rotatable bonds is 7. The number of hydrogen-bond donors (Lipinski definition) is 0. The smallest absolute Gasteiger partial charge is 0.0547 e. The van der Waals surface area contributed by atoms with Crippen molar-refractivity contribution in [1.29, 1.82) is 0 Å². The van der Waals surface area contributed by atoms with E-state index in [1.165, 1.54) is 66.0 Å². The Balaban J connectivity index is 1.18. The lowest BCUT2D eigenvalue weighted by Gasteiger charge is -2.29. The third-order valence-corrected chi connectivity index (χ3v) is 10.6. The van der Waals surface area contributed by atoms with Gasteiger partial charge in [-0.2, -0.15) is 0 Å². The Hall–Kier alpha value is -7.16. The van der Waals surface area contributed by atoms with Crippen LogP contribution in [0, 0.1) is 0 Å². The molecule has 0 radical (unpaired) electrons. The Bertz CT molecular complexity index is 2920. The fraction of sp³-hybridized carbons (Fsp3) is 0. The number of nitrogens with zero attached hydrogens (tertiary/aromatic N) is 2. The second-order valence-corrected chi connectivity index (χ2v) is 13.7. The molecule has 9 aromatic carbocycles. The predicted molar refractivity (Wildman–Crippen MR) is 229 cm³/mol. The molecule has 10 rings (SSSR count). The van der Waals surface area contributed by atoms with Crippen molar-refractivity contribution in [3.63, 3.8) is 0 Å². The molecular weight excluding hydrogens is 653 g/mol. The van der Waals surface area contributed by atoms with Crippen LogP contribution in [0.3, 0.4) is 0 Å². The lowest BCUT2D eigenvalue weighted by molar-refractivity contribution is 1.18. The fourth-order valence-electron chi connectivity index (χ4n) is 8.12. The Labute approximate surface area is 315 Å². The Morgan fingerprint density at radius 3 is 1.74 bits per heavy atom. The van der Waals surface area contributed by atoms with Crippen LogP contribution in [0.25, 0.3) is 71.6 Å². The van der Waals surface area contributed by atoms with Crippen molar-refractivity contribution in [2.45, 2.75) is 0 Å². The maximum atomic E-state index is 2.44. The van der Waals surface area contributed by atoms with Crippen molar-refractivity contribution in [3.05, 3.63) is 218 Å². The van der Waals surface area contributed by atoms with Crippen LogP contribution >= 0.6 is 0 Å².